The minimum atomic E-state index is -0.0487. The second kappa shape index (κ2) is 8.11. The van der Waals surface area contributed by atoms with Gasteiger partial charge >= 0.3 is 0 Å². The second-order valence-corrected chi connectivity index (χ2v) is 6.35. The predicted molar refractivity (Wildman–Crippen MR) is 94.1 cm³/mol. The number of nitrogens with zero attached hydrogens (tertiary/aromatic N) is 1. The maximum absolute atomic E-state index is 12.3. The van der Waals surface area contributed by atoms with Gasteiger partial charge in [-0.1, -0.05) is 42.5 Å². The average Bonchev–Trinajstić information content (AvgIpc) is 2.52. The maximum atomic E-state index is 12.3. The molecule has 22 heavy (non-hydrogen) atoms. The Labute approximate surface area is 140 Å². The van der Waals surface area contributed by atoms with Crippen molar-refractivity contribution in [3.05, 3.63) is 70.2 Å². The van der Waals surface area contributed by atoms with Crippen molar-refractivity contribution < 1.29 is 4.79 Å². The number of rotatable bonds is 6. The van der Waals surface area contributed by atoms with Crippen LogP contribution < -0.4 is 5.32 Å². The van der Waals surface area contributed by atoms with Crippen LogP contribution in [0.1, 0.15) is 15.9 Å². The molecule has 0 aromatic heterocycles. The first-order valence-corrected chi connectivity index (χ1v) is 8.10. The molecule has 1 amide bonds. The minimum absolute atomic E-state index is 0.0487. The van der Waals surface area contributed by atoms with Crippen LogP contribution in [0, 0.1) is 0 Å². The SMILES string of the molecule is CN(C)C(CNC(=O)c1ccccc1Br)Cc1ccccc1. The molecule has 0 aliphatic carbocycles. The molecule has 0 radical (unpaired) electrons. The Bertz CT molecular complexity index is 613. The van der Waals surface area contributed by atoms with Crippen molar-refractivity contribution >= 4 is 21.8 Å². The van der Waals surface area contributed by atoms with Crippen LogP contribution in [0.5, 0.6) is 0 Å². The van der Waals surface area contributed by atoms with Crippen LogP contribution in [0.4, 0.5) is 0 Å². The Morgan fingerprint density at radius 2 is 1.73 bits per heavy atom. The molecule has 2 aromatic rings. The zero-order valence-corrected chi connectivity index (χ0v) is 14.5. The van der Waals surface area contributed by atoms with E-state index in [4.69, 9.17) is 0 Å². The van der Waals surface area contributed by atoms with Gasteiger partial charge in [0.05, 0.1) is 5.56 Å². The molecule has 2 rings (SSSR count). The van der Waals surface area contributed by atoms with Crippen molar-refractivity contribution in [2.75, 3.05) is 20.6 Å². The fourth-order valence-electron chi connectivity index (χ4n) is 2.27. The van der Waals surface area contributed by atoms with Crippen LogP contribution in [0.25, 0.3) is 0 Å². The van der Waals surface area contributed by atoms with Gasteiger partial charge in [-0.15, -0.1) is 0 Å². The normalized spacial score (nSPS) is 12.2. The molecule has 4 heteroatoms. The largest absolute Gasteiger partial charge is 0.350 e. The Kier molecular flexibility index (Phi) is 6.16. The summed E-state index contributed by atoms with van der Waals surface area (Å²) in [4.78, 5) is 14.4. The molecule has 0 saturated carbocycles. The highest BCUT2D eigenvalue weighted by molar-refractivity contribution is 9.10. The number of likely N-dealkylation sites (N-methyl/N-ethyl adjacent to an activating group) is 1. The smallest absolute Gasteiger partial charge is 0.252 e. The maximum Gasteiger partial charge on any atom is 0.252 e. The first-order chi connectivity index (χ1) is 10.6. The van der Waals surface area contributed by atoms with E-state index < -0.39 is 0 Å². The van der Waals surface area contributed by atoms with Gasteiger partial charge in [0.25, 0.3) is 5.91 Å². The lowest BCUT2D eigenvalue weighted by Gasteiger charge is -2.25. The fourth-order valence-corrected chi connectivity index (χ4v) is 2.74. The van der Waals surface area contributed by atoms with E-state index >= 15 is 0 Å². The highest BCUT2D eigenvalue weighted by Crippen LogP contribution is 2.15. The average molecular weight is 361 g/mol. The summed E-state index contributed by atoms with van der Waals surface area (Å²) in [6.07, 6.45) is 0.907. The quantitative estimate of drug-likeness (QED) is 0.856. The molecular formula is C18H21BrN2O. The van der Waals surface area contributed by atoms with Gasteiger partial charge in [0, 0.05) is 17.1 Å². The fraction of sp³-hybridized carbons (Fsp3) is 0.278. The van der Waals surface area contributed by atoms with E-state index in [9.17, 15) is 4.79 Å². The summed E-state index contributed by atoms with van der Waals surface area (Å²) >= 11 is 3.42. The Morgan fingerprint density at radius 3 is 2.36 bits per heavy atom. The molecule has 1 atom stereocenters. The number of carbonyl (C=O) groups excluding carboxylic acids is 1. The number of hydrogen-bond acceptors (Lipinski definition) is 2. The van der Waals surface area contributed by atoms with E-state index in [0.717, 1.165) is 10.9 Å². The molecule has 3 nitrogen and oxygen atoms in total. The molecule has 0 bridgehead atoms. The topological polar surface area (TPSA) is 32.3 Å². The van der Waals surface area contributed by atoms with Gasteiger partial charge in [-0.25, -0.2) is 0 Å². The molecule has 1 N–H and O–H groups in total. The summed E-state index contributed by atoms with van der Waals surface area (Å²) in [7, 11) is 4.08. The van der Waals surface area contributed by atoms with Crippen molar-refractivity contribution in [3.63, 3.8) is 0 Å². The Balaban J connectivity index is 1.97. The summed E-state index contributed by atoms with van der Waals surface area (Å²) in [5.41, 5.74) is 1.94. The predicted octanol–water partition coefficient (Wildman–Crippen LogP) is 3.35. The van der Waals surface area contributed by atoms with Crippen molar-refractivity contribution in [1.82, 2.24) is 10.2 Å². The first kappa shape index (κ1) is 16.7. The number of halogens is 1. The lowest BCUT2D eigenvalue weighted by atomic mass is 10.1. The monoisotopic (exact) mass is 360 g/mol. The second-order valence-electron chi connectivity index (χ2n) is 5.50. The van der Waals surface area contributed by atoms with Gasteiger partial charge in [-0.3, -0.25) is 4.79 Å². The van der Waals surface area contributed by atoms with Crippen LogP contribution in [0.2, 0.25) is 0 Å². The molecule has 0 aliphatic heterocycles. The van der Waals surface area contributed by atoms with Crippen molar-refractivity contribution in [1.29, 1.82) is 0 Å². The number of carbonyl (C=O) groups is 1. The number of hydrogen-bond donors (Lipinski definition) is 1. The van der Waals surface area contributed by atoms with E-state index in [2.05, 4.69) is 38.3 Å². The Hall–Kier alpha value is -1.65. The minimum Gasteiger partial charge on any atom is -0.350 e. The molecule has 0 heterocycles. The lowest BCUT2D eigenvalue weighted by Crippen LogP contribution is -2.41. The van der Waals surface area contributed by atoms with Crippen LogP contribution in [0.3, 0.4) is 0 Å². The van der Waals surface area contributed by atoms with Crippen molar-refractivity contribution in [2.24, 2.45) is 0 Å². The molecule has 2 aromatic carbocycles. The van der Waals surface area contributed by atoms with E-state index in [1.54, 1.807) is 0 Å². The van der Waals surface area contributed by atoms with Crippen LogP contribution >= 0.6 is 15.9 Å². The van der Waals surface area contributed by atoms with Crippen LogP contribution in [-0.2, 0) is 6.42 Å². The third-order valence-electron chi connectivity index (χ3n) is 3.66. The lowest BCUT2D eigenvalue weighted by molar-refractivity contribution is 0.0941. The summed E-state index contributed by atoms with van der Waals surface area (Å²) in [5, 5.41) is 3.03. The van der Waals surface area contributed by atoms with Crippen molar-refractivity contribution in [2.45, 2.75) is 12.5 Å². The molecule has 1 unspecified atom stereocenters. The van der Waals surface area contributed by atoms with E-state index in [0.29, 0.717) is 12.1 Å². The van der Waals surface area contributed by atoms with Gasteiger partial charge in [0.2, 0.25) is 0 Å². The molecule has 116 valence electrons. The van der Waals surface area contributed by atoms with Crippen LogP contribution in [-0.4, -0.2) is 37.5 Å². The number of benzene rings is 2. The molecule has 0 saturated heterocycles. The number of amides is 1. The molecule has 0 spiro atoms. The summed E-state index contributed by atoms with van der Waals surface area (Å²) in [5.74, 6) is -0.0487. The third kappa shape index (κ3) is 4.68. The van der Waals surface area contributed by atoms with Crippen LogP contribution in [0.15, 0.2) is 59.1 Å². The van der Waals surface area contributed by atoms with Gasteiger partial charge in [-0.05, 0) is 54.1 Å². The zero-order chi connectivity index (χ0) is 15.9. The van der Waals surface area contributed by atoms with Gasteiger partial charge in [0.15, 0.2) is 0 Å². The van der Waals surface area contributed by atoms with E-state index in [1.165, 1.54) is 5.56 Å². The Morgan fingerprint density at radius 1 is 1.09 bits per heavy atom. The van der Waals surface area contributed by atoms with Gasteiger partial charge < -0.3 is 10.2 Å². The van der Waals surface area contributed by atoms with Gasteiger partial charge in [-0.2, -0.15) is 0 Å². The molecular weight excluding hydrogens is 340 g/mol. The highest BCUT2D eigenvalue weighted by atomic mass is 79.9. The molecule has 0 aliphatic rings. The number of nitrogens with one attached hydrogen (secondary N) is 1. The van der Waals surface area contributed by atoms with Gasteiger partial charge in [0.1, 0.15) is 0 Å². The van der Waals surface area contributed by atoms with E-state index in [-0.39, 0.29) is 11.9 Å². The summed E-state index contributed by atoms with van der Waals surface area (Å²) < 4.78 is 0.817. The zero-order valence-electron chi connectivity index (χ0n) is 12.9. The first-order valence-electron chi connectivity index (χ1n) is 7.31. The molecule has 0 fully saturated rings. The standard InChI is InChI=1S/C18H21BrN2O/c1-21(2)15(12-14-8-4-3-5-9-14)13-20-18(22)16-10-6-7-11-17(16)19/h3-11,15H,12-13H2,1-2H3,(H,20,22). The van der Waals surface area contributed by atoms with Crippen molar-refractivity contribution in [3.8, 4) is 0 Å². The summed E-state index contributed by atoms with van der Waals surface area (Å²) in [6.45, 7) is 0.613. The third-order valence-corrected chi connectivity index (χ3v) is 4.35. The summed E-state index contributed by atoms with van der Waals surface area (Å²) in [6, 6.07) is 18.1. The highest BCUT2D eigenvalue weighted by Gasteiger charge is 2.15. The van der Waals surface area contributed by atoms with E-state index in [1.807, 2.05) is 56.6 Å².